The third-order valence-corrected chi connectivity index (χ3v) is 8.52. The first-order chi connectivity index (χ1) is 16.7. The zero-order chi connectivity index (χ0) is 27.4. The van der Waals surface area contributed by atoms with Gasteiger partial charge in [0, 0.05) is 18.4 Å². The van der Waals surface area contributed by atoms with Crippen molar-refractivity contribution in [3.8, 4) is 5.88 Å². The Hall–Kier alpha value is -2.46. The molecule has 8 nitrogen and oxygen atoms in total. The predicted octanol–water partition coefficient (Wildman–Crippen LogP) is 5.26. The summed E-state index contributed by atoms with van der Waals surface area (Å²) in [5, 5.41) is 4.43. The first-order valence-corrected chi connectivity index (χ1v) is 15.6. The minimum Gasteiger partial charge on any atom is -0.361 e. The fourth-order valence-electron chi connectivity index (χ4n) is 3.94. The number of allylic oxidation sites excluding steroid dienone is 2. The molecule has 0 spiro atoms. The number of unbranched alkanes of at least 4 members (excludes halogenated alkanes) is 2. The molecule has 0 saturated heterocycles. The Morgan fingerprint density at radius 1 is 0.972 bits per heavy atom. The van der Waals surface area contributed by atoms with Crippen LogP contribution in [0.5, 0.6) is 5.88 Å². The summed E-state index contributed by atoms with van der Waals surface area (Å²) in [5.74, 6) is -0.716. The molecule has 0 bridgehead atoms. The Kier molecular flexibility index (Phi) is 9.70. The number of aromatic nitrogens is 2. The summed E-state index contributed by atoms with van der Waals surface area (Å²) in [7, 11) is -7.50. The lowest BCUT2D eigenvalue weighted by atomic mass is 9.91. The van der Waals surface area contributed by atoms with Crippen LogP contribution < -0.4 is 4.18 Å². The third kappa shape index (κ3) is 6.64. The molecule has 1 aromatic carbocycles. The number of benzene rings is 1. The molecule has 0 aliphatic rings. The number of sulfone groups is 1. The summed E-state index contributed by atoms with van der Waals surface area (Å²) in [6.07, 6.45) is 3.83. The van der Waals surface area contributed by atoms with Crippen molar-refractivity contribution >= 4 is 31.3 Å². The van der Waals surface area contributed by atoms with Crippen LogP contribution in [0.15, 0.2) is 22.6 Å². The highest BCUT2D eigenvalue weighted by molar-refractivity contribution is 7.90. The summed E-state index contributed by atoms with van der Waals surface area (Å²) < 4.78 is 57.4. The van der Waals surface area contributed by atoms with E-state index in [9.17, 15) is 21.6 Å². The van der Waals surface area contributed by atoms with E-state index in [-0.39, 0.29) is 27.7 Å². The molecule has 200 valence electrons. The van der Waals surface area contributed by atoms with Crippen LogP contribution in [0.2, 0.25) is 0 Å². The van der Waals surface area contributed by atoms with Crippen molar-refractivity contribution in [3.63, 3.8) is 0 Å². The molecule has 0 amide bonds. The average Bonchev–Trinajstić information content (AvgIpc) is 3.08. The van der Waals surface area contributed by atoms with Gasteiger partial charge in [-0.15, -0.1) is 0 Å². The second-order valence-electron chi connectivity index (χ2n) is 9.38. The normalized spacial score (nSPS) is 12.0. The summed E-state index contributed by atoms with van der Waals surface area (Å²) in [6, 6.07) is 2.92. The minimum atomic E-state index is -3.94. The molecule has 1 aromatic heterocycles. The first-order valence-electron chi connectivity index (χ1n) is 12.2. The molecular formula is C26H38N2O6S2. The van der Waals surface area contributed by atoms with E-state index in [0.717, 1.165) is 30.2 Å². The van der Waals surface area contributed by atoms with Crippen LogP contribution in [0, 0.1) is 13.8 Å². The van der Waals surface area contributed by atoms with Crippen molar-refractivity contribution in [2.75, 3.05) is 12.0 Å². The number of nitrogens with zero attached hydrogens (tertiary/aromatic N) is 2. The van der Waals surface area contributed by atoms with Crippen molar-refractivity contribution < 1.29 is 25.8 Å². The minimum absolute atomic E-state index is 0.0715. The lowest BCUT2D eigenvalue weighted by Crippen LogP contribution is -2.18. The van der Waals surface area contributed by atoms with Crippen LogP contribution in [0.4, 0.5) is 0 Å². The first kappa shape index (κ1) is 29.8. The van der Waals surface area contributed by atoms with Crippen LogP contribution in [-0.2, 0) is 26.5 Å². The average molecular weight is 539 g/mol. The van der Waals surface area contributed by atoms with Crippen LogP contribution in [0.1, 0.15) is 93.0 Å². The summed E-state index contributed by atoms with van der Waals surface area (Å²) in [4.78, 5) is 14.1. The molecule has 0 fully saturated rings. The van der Waals surface area contributed by atoms with E-state index >= 15 is 0 Å². The Morgan fingerprint density at radius 3 is 2.11 bits per heavy atom. The largest absolute Gasteiger partial charge is 0.361 e. The van der Waals surface area contributed by atoms with Gasteiger partial charge in [0.05, 0.1) is 16.3 Å². The molecule has 0 radical (unpaired) electrons. The van der Waals surface area contributed by atoms with Crippen LogP contribution in [-0.4, -0.2) is 44.4 Å². The monoisotopic (exact) mass is 538 g/mol. The van der Waals surface area contributed by atoms with Gasteiger partial charge in [0.1, 0.15) is 5.56 Å². The quantitative estimate of drug-likeness (QED) is 0.268. The fraction of sp³-hybridized carbons (Fsp3) is 0.538. The molecule has 36 heavy (non-hydrogen) atoms. The molecule has 2 aromatic rings. The fourth-order valence-corrected chi connectivity index (χ4v) is 6.07. The van der Waals surface area contributed by atoms with Gasteiger partial charge in [-0.2, -0.15) is 13.5 Å². The van der Waals surface area contributed by atoms with E-state index in [2.05, 4.69) is 5.10 Å². The Morgan fingerprint density at radius 2 is 1.58 bits per heavy atom. The number of carbonyl (C=O) groups excluding carboxylic acids is 1. The standard InChI is InChI=1S/C26H38N2O6S2/c1-9-11-15-28-26(34-36(32,33)16-12-10-2)24(20(7)27-28)25(29)21-13-14-22(35(8,30)31)23(19(21)6)18(5)17(3)4/h13-14H,9-12,15-16H2,1-8H3. The highest BCUT2D eigenvalue weighted by Crippen LogP contribution is 2.34. The zero-order valence-electron chi connectivity index (χ0n) is 22.6. The van der Waals surface area contributed by atoms with Gasteiger partial charge in [-0.25, -0.2) is 13.1 Å². The molecule has 10 heteroatoms. The maximum absolute atomic E-state index is 13.9. The Balaban J connectivity index is 2.79. The molecule has 0 atom stereocenters. The van der Waals surface area contributed by atoms with Gasteiger partial charge in [0.25, 0.3) is 0 Å². The summed E-state index contributed by atoms with van der Waals surface area (Å²) >= 11 is 0. The molecule has 0 N–H and O–H groups in total. The molecule has 1 heterocycles. The van der Waals surface area contributed by atoms with Crippen LogP contribution in [0.25, 0.3) is 5.57 Å². The van der Waals surface area contributed by atoms with E-state index in [0.29, 0.717) is 36.2 Å². The van der Waals surface area contributed by atoms with Crippen LogP contribution in [0.3, 0.4) is 0 Å². The van der Waals surface area contributed by atoms with E-state index in [1.165, 1.54) is 16.8 Å². The van der Waals surface area contributed by atoms with Gasteiger partial charge in [-0.05, 0) is 76.3 Å². The van der Waals surface area contributed by atoms with E-state index in [1.54, 1.807) is 13.8 Å². The van der Waals surface area contributed by atoms with Crippen molar-refractivity contribution in [2.24, 2.45) is 0 Å². The van der Waals surface area contributed by atoms with Gasteiger partial charge in [-0.1, -0.05) is 32.3 Å². The SMILES string of the molecule is CCCCn1nc(C)c(C(=O)c2ccc(S(C)(=O)=O)c(C(C)=C(C)C)c2C)c1OS(=O)(=O)CCCC. The topological polar surface area (TPSA) is 112 Å². The van der Waals surface area contributed by atoms with Gasteiger partial charge in [-0.3, -0.25) is 4.79 Å². The van der Waals surface area contributed by atoms with Crippen molar-refractivity contribution in [1.82, 2.24) is 9.78 Å². The van der Waals surface area contributed by atoms with Gasteiger partial charge < -0.3 is 4.18 Å². The summed E-state index contributed by atoms with van der Waals surface area (Å²) in [6.45, 7) is 13.2. The molecular weight excluding hydrogens is 500 g/mol. The highest BCUT2D eigenvalue weighted by Gasteiger charge is 2.30. The van der Waals surface area contributed by atoms with Gasteiger partial charge in [0.15, 0.2) is 9.84 Å². The van der Waals surface area contributed by atoms with Crippen molar-refractivity contribution in [3.05, 3.63) is 45.7 Å². The molecule has 0 aliphatic carbocycles. The van der Waals surface area contributed by atoms with Gasteiger partial charge >= 0.3 is 10.1 Å². The summed E-state index contributed by atoms with van der Waals surface area (Å²) in [5.41, 5.74) is 3.36. The number of hydrogen-bond acceptors (Lipinski definition) is 7. The van der Waals surface area contributed by atoms with E-state index in [4.69, 9.17) is 4.18 Å². The van der Waals surface area contributed by atoms with Crippen molar-refractivity contribution in [1.29, 1.82) is 0 Å². The zero-order valence-corrected chi connectivity index (χ0v) is 24.2. The maximum Gasteiger partial charge on any atom is 0.310 e. The van der Waals surface area contributed by atoms with E-state index in [1.807, 2.05) is 34.6 Å². The molecule has 0 unspecified atom stereocenters. The molecule has 0 aliphatic heterocycles. The predicted molar refractivity (Wildman–Crippen MR) is 143 cm³/mol. The Bertz CT molecular complexity index is 1380. The number of aryl methyl sites for hydroxylation is 2. The van der Waals surface area contributed by atoms with Crippen molar-refractivity contribution in [2.45, 2.75) is 85.6 Å². The lowest BCUT2D eigenvalue weighted by molar-refractivity contribution is 0.103. The lowest BCUT2D eigenvalue weighted by Gasteiger charge is -2.17. The van der Waals surface area contributed by atoms with Crippen LogP contribution >= 0.6 is 0 Å². The number of carbonyl (C=O) groups is 1. The second-order valence-corrected chi connectivity index (χ2v) is 13.1. The van der Waals surface area contributed by atoms with Gasteiger partial charge in [0.2, 0.25) is 11.7 Å². The number of rotatable bonds is 12. The maximum atomic E-state index is 13.9. The smallest absolute Gasteiger partial charge is 0.310 e. The number of hydrogen-bond donors (Lipinski definition) is 0. The van der Waals surface area contributed by atoms with E-state index < -0.39 is 25.7 Å². The Labute approximate surface area is 215 Å². The molecule has 2 rings (SSSR count). The third-order valence-electron chi connectivity index (χ3n) is 6.18. The number of ketones is 1. The highest BCUT2D eigenvalue weighted by atomic mass is 32.2. The molecule has 0 saturated carbocycles. The second kappa shape index (κ2) is 11.7.